The zero-order chi connectivity index (χ0) is 48.1. The number of amides is 1. The molecule has 0 spiro atoms. The Morgan fingerprint density at radius 1 is 0.455 bits per heavy atom. The Morgan fingerprint density at radius 2 is 0.833 bits per heavy atom. The van der Waals surface area contributed by atoms with E-state index in [4.69, 9.17) is 4.74 Å². The van der Waals surface area contributed by atoms with E-state index in [0.717, 1.165) is 70.6 Å². The number of aliphatic hydroxyl groups excluding tert-OH is 2. The third-order valence-electron chi connectivity index (χ3n) is 12.9. The van der Waals surface area contributed by atoms with E-state index >= 15 is 0 Å². The number of carbonyl (C=O) groups excluding carboxylic acids is 2. The van der Waals surface area contributed by atoms with Crippen LogP contribution in [0.3, 0.4) is 0 Å². The fourth-order valence-corrected chi connectivity index (χ4v) is 8.61. The SMILES string of the molecule is CC/C=C/C=C/C=C\C=C/CCCCCC(=O)OC(CCCCCCCCC/C=C/CCCCCCCC)CC(=O)NC(CO)C(O)CCCCCCCCCCCCCCCCCCC. The Morgan fingerprint density at radius 3 is 1.29 bits per heavy atom. The van der Waals surface area contributed by atoms with Crippen molar-refractivity contribution in [2.75, 3.05) is 6.61 Å². The van der Waals surface area contributed by atoms with Crippen LogP contribution in [0.15, 0.2) is 60.8 Å². The number of esters is 1. The molecular formula is C60H109NO5. The van der Waals surface area contributed by atoms with Crippen molar-refractivity contribution in [3.05, 3.63) is 60.8 Å². The van der Waals surface area contributed by atoms with E-state index < -0.39 is 18.2 Å². The predicted octanol–water partition coefficient (Wildman–Crippen LogP) is 17.6. The fraction of sp³-hybridized carbons (Fsp3) is 0.800. The summed E-state index contributed by atoms with van der Waals surface area (Å²) < 4.78 is 5.93. The number of hydrogen-bond acceptors (Lipinski definition) is 5. The fourth-order valence-electron chi connectivity index (χ4n) is 8.61. The number of nitrogens with one attached hydrogen (secondary N) is 1. The summed E-state index contributed by atoms with van der Waals surface area (Å²) in [6.45, 7) is 6.36. The van der Waals surface area contributed by atoms with E-state index in [1.807, 2.05) is 24.3 Å². The monoisotopic (exact) mass is 924 g/mol. The van der Waals surface area contributed by atoms with E-state index in [1.165, 1.54) is 167 Å². The molecule has 0 radical (unpaired) electrons. The molecule has 3 N–H and O–H groups in total. The highest BCUT2D eigenvalue weighted by molar-refractivity contribution is 5.77. The predicted molar refractivity (Wildman–Crippen MR) is 287 cm³/mol. The second kappa shape index (κ2) is 53.5. The molecule has 3 unspecified atom stereocenters. The van der Waals surface area contributed by atoms with Gasteiger partial charge in [-0.25, -0.2) is 0 Å². The van der Waals surface area contributed by atoms with Gasteiger partial charge in [0.1, 0.15) is 6.10 Å². The lowest BCUT2D eigenvalue weighted by molar-refractivity contribution is -0.151. The van der Waals surface area contributed by atoms with Crippen molar-refractivity contribution in [1.82, 2.24) is 5.32 Å². The highest BCUT2D eigenvalue weighted by Gasteiger charge is 2.24. The van der Waals surface area contributed by atoms with Crippen LogP contribution in [0.2, 0.25) is 0 Å². The molecule has 384 valence electrons. The maximum atomic E-state index is 13.3. The van der Waals surface area contributed by atoms with Crippen molar-refractivity contribution in [1.29, 1.82) is 0 Å². The van der Waals surface area contributed by atoms with Crippen molar-refractivity contribution in [2.45, 2.75) is 302 Å². The van der Waals surface area contributed by atoms with Crippen molar-refractivity contribution in [3.8, 4) is 0 Å². The van der Waals surface area contributed by atoms with Crippen LogP contribution < -0.4 is 5.32 Å². The van der Waals surface area contributed by atoms with Gasteiger partial charge in [-0.3, -0.25) is 9.59 Å². The van der Waals surface area contributed by atoms with Gasteiger partial charge >= 0.3 is 5.97 Å². The number of hydrogen-bond donors (Lipinski definition) is 3. The first-order chi connectivity index (χ1) is 32.5. The van der Waals surface area contributed by atoms with Gasteiger partial charge in [-0.15, -0.1) is 0 Å². The first kappa shape index (κ1) is 63.6. The van der Waals surface area contributed by atoms with Gasteiger partial charge in [0.05, 0.1) is 25.2 Å². The highest BCUT2D eigenvalue weighted by atomic mass is 16.5. The van der Waals surface area contributed by atoms with Gasteiger partial charge in [-0.2, -0.15) is 0 Å². The summed E-state index contributed by atoms with van der Waals surface area (Å²) in [7, 11) is 0. The van der Waals surface area contributed by atoms with Crippen LogP contribution in [-0.2, 0) is 14.3 Å². The topological polar surface area (TPSA) is 95.9 Å². The molecule has 0 aromatic rings. The Kier molecular flexibility index (Phi) is 51.5. The van der Waals surface area contributed by atoms with Gasteiger partial charge in [0.15, 0.2) is 0 Å². The zero-order valence-electron chi connectivity index (χ0n) is 43.8. The molecule has 0 aliphatic carbocycles. The molecule has 6 heteroatoms. The molecule has 1 amide bonds. The Balaban J connectivity index is 4.57. The quantitative estimate of drug-likeness (QED) is 0.0244. The maximum Gasteiger partial charge on any atom is 0.306 e. The van der Waals surface area contributed by atoms with Crippen LogP contribution >= 0.6 is 0 Å². The van der Waals surface area contributed by atoms with Gasteiger partial charge in [0, 0.05) is 6.42 Å². The van der Waals surface area contributed by atoms with Crippen LogP contribution in [0.25, 0.3) is 0 Å². The van der Waals surface area contributed by atoms with E-state index in [9.17, 15) is 19.8 Å². The van der Waals surface area contributed by atoms with Gasteiger partial charge in [-0.1, -0.05) is 261 Å². The van der Waals surface area contributed by atoms with Crippen molar-refractivity contribution in [2.24, 2.45) is 0 Å². The first-order valence-electron chi connectivity index (χ1n) is 28.6. The minimum atomic E-state index is -0.798. The van der Waals surface area contributed by atoms with E-state index in [1.54, 1.807) is 0 Å². The summed E-state index contributed by atoms with van der Waals surface area (Å²) in [5.41, 5.74) is 0. The smallest absolute Gasteiger partial charge is 0.306 e. The normalized spacial score (nSPS) is 13.6. The van der Waals surface area contributed by atoms with E-state index in [-0.39, 0.29) is 24.9 Å². The molecule has 0 bridgehead atoms. The van der Waals surface area contributed by atoms with Crippen LogP contribution in [0.4, 0.5) is 0 Å². The Labute approximate surface area is 409 Å². The largest absolute Gasteiger partial charge is 0.462 e. The van der Waals surface area contributed by atoms with E-state index in [2.05, 4.69) is 62.5 Å². The number of allylic oxidation sites excluding steroid dienone is 10. The third kappa shape index (κ3) is 48.0. The molecule has 0 fully saturated rings. The third-order valence-corrected chi connectivity index (χ3v) is 12.9. The van der Waals surface area contributed by atoms with Crippen molar-refractivity contribution < 1.29 is 24.5 Å². The number of ether oxygens (including phenoxy) is 1. The minimum Gasteiger partial charge on any atom is -0.462 e. The molecule has 0 aliphatic heterocycles. The van der Waals surface area contributed by atoms with Crippen LogP contribution in [-0.4, -0.2) is 46.9 Å². The molecule has 0 aromatic heterocycles. The lowest BCUT2D eigenvalue weighted by atomic mass is 10.0. The highest BCUT2D eigenvalue weighted by Crippen LogP contribution is 2.18. The average Bonchev–Trinajstić information content (AvgIpc) is 3.31. The molecule has 3 atom stereocenters. The van der Waals surface area contributed by atoms with Crippen LogP contribution in [0, 0.1) is 0 Å². The van der Waals surface area contributed by atoms with Crippen LogP contribution in [0.5, 0.6) is 0 Å². The summed E-state index contributed by atoms with van der Waals surface area (Å²) >= 11 is 0. The molecular weight excluding hydrogens is 815 g/mol. The standard InChI is InChI=1S/C60H109NO5/c1-4-7-10-13-16-19-22-25-27-29-31-34-36-39-42-45-48-51-56(66-60(65)53-50-47-44-41-38-33-24-21-18-15-12-9-6-3)54-59(64)61-57(55-62)58(63)52-49-46-43-40-37-35-32-30-28-26-23-20-17-14-11-8-5-2/h9,12,15,18,21,24-25,27,33,38,56-58,62-63H,4-8,10-11,13-14,16-17,19-20,22-23,26,28-32,34-37,39-55H2,1-3H3,(H,61,64)/b12-9+,18-15+,24-21-,27-25+,38-33-. The average molecular weight is 925 g/mol. The summed E-state index contributed by atoms with van der Waals surface area (Å²) in [5.74, 6) is -0.517. The van der Waals surface area contributed by atoms with E-state index in [0.29, 0.717) is 19.3 Å². The second-order valence-electron chi connectivity index (χ2n) is 19.4. The molecule has 0 saturated carbocycles. The van der Waals surface area contributed by atoms with Gasteiger partial charge in [-0.05, 0) is 70.6 Å². The number of rotatable bonds is 51. The van der Waals surface area contributed by atoms with Crippen molar-refractivity contribution >= 4 is 11.9 Å². The molecule has 0 rings (SSSR count). The van der Waals surface area contributed by atoms with Gasteiger partial charge in [0.2, 0.25) is 5.91 Å². The molecule has 0 aromatic carbocycles. The minimum absolute atomic E-state index is 0.0584. The summed E-state index contributed by atoms with van der Waals surface area (Å²) in [6, 6.07) is -0.713. The van der Waals surface area contributed by atoms with Gasteiger partial charge < -0.3 is 20.3 Å². The molecule has 0 aliphatic rings. The van der Waals surface area contributed by atoms with Crippen molar-refractivity contribution in [3.63, 3.8) is 0 Å². The summed E-state index contributed by atoms with van der Waals surface area (Å²) in [4.78, 5) is 26.2. The number of carbonyl (C=O) groups is 2. The lowest BCUT2D eigenvalue weighted by Crippen LogP contribution is -2.46. The number of unbranched alkanes of at least 4 members (excludes halogenated alkanes) is 32. The summed E-state index contributed by atoms with van der Waals surface area (Å²) in [5, 5.41) is 23.9. The molecule has 0 saturated heterocycles. The van der Waals surface area contributed by atoms with Gasteiger partial charge in [0.25, 0.3) is 0 Å². The Hall–Kier alpha value is -2.44. The lowest BCUT2D eigenvalue weighted by Gasteiger charge is -2.24. The van der Waals surface area contributed by atoms with Crippen LogP contribution in [0.1, 0.15) is 284 Å². The first-order valence-corrected chi connectivity index (χ1v) is 28.6. The second-order valence-corrected chi connectivity index (χ2v) is 19.4. The maximum absolute atomic E-state index is 13.3. The molecule has 6 nitrogen and oxygen atoms in total. The molecule has 66 heavy (non-hydrogen) atoms. The summed E-state index contributed by atoms with van der Waals surface area (Å²) in [6.07, 6.45) is 67.2. The Bertz CT molecular complexity index is 1170. The molecule has 0 heterocycles. The zero-order valence-corrected chi connectivity index (χ0v) is 43.8. The number of aliphatic hydroxyl groups is 2.